The van der Waals surface area contributed by atoms with Crippen molar-refractivity contribution in [1.82, 2.24) is 9.80 Å². The molecule has 0 saturated carbocycles. The third-order valence-corrected chi connectivity index (χ3v) is 5.76. The van der Waals surface area contributed by atoms with Crippen LogP contribution in [0.15, 0.2) is 0 Å². The van der Waals surface area contributed by atoms with Crippen molar-refractivity contribution in [3.8, 4) is 0 Å². The average molecular weight is 312 g/mol. The number of hydrogen-bond acceptors (Lipinski definition) is 4. The molecule has 0 aromatic heterocycles. The molecular formula is C18H36N2O2. The molecule has 130 valence electrons. The number of likely N-dealkylation sites (tertiary alicyclic amines) is 2. The Bertz CT molecular complexity index is 365. The van der Waals surface area contributed by atoms with Gasteiger partial charge in [-0.2, -0.15) is 0 Å². The van der Waals surface area contributed by atoms with E-state index >= 15 is 0 Å². The zero-order chi connectivity index (χ0) is 16.5. The Morgan fingerprint density at radius 3 is 2.09 bits per heavy atom. The Balaban J connectivity index is 1.96. The van der Waals surface area contributed by atoms with Gasteiger partial charge in [0.25, 0.3) is 0 Å². The molecule has 4 heteroatoms. The van der Waals surface area contributed by atoms with Gasteiger partial charge in [-0.3, -0.25) is 9.80 Å². The minimum absolute atomic E-state index is 0.127. The summed E-state index contributed by atoms with van der Waals surface area (Å²) in [5.41, 5.74) is 0.310. The summed E-state index contributed by atoms with van der Waals surface area (Å²) in [5.74, 6) is 1.11. The third kappa shape index (κ3) is 4.02. The van der Waals surface area contributed by atoms with Crippen LogP contribution in [0.5, 0.6) is 0 Å². The molecule has 0 aromatic carbocycles. The first kappa shape index (κ1) is 18.2. The van der Waals surface area contributed by atoms with Gasteiger partial charge in [-0.25, -0.2) is 0 Å². The molecule has 2 aliphatic rings. The topological polar surface area (TPSA) is 46.9 Å². The van der Waals surface area contributed by atoms with E-state index in [-0.39, 0.29) is 17.7 Å². The largest absolute Gasteiger partial charge is 0.396 e. The zero-order valence-corrected chi connectivity index (χ0v) is 15.2. The Morgan fingerprint density at radius 1 is 0.955 bits per heavy atom. The van der Waals surface area contributed by atoms with E-state index in [0.29, 0.717) is 24.5 Å². The second kappa shape index (κ2) is 6.76. The lowest BCUT2D eigenvalue weighted by molar-refractivity contribution is 0.0761. The van der Waals surface area contributed by atoms with Crippen LogP contribution >= 0.6 is 0 Å². The third-order valence-electron chi connectivity index (χ3n) is 5.76. The van der Waals surface area contributed by atoms with Crippen LogP contribution in [0, 0.1) is 11.8 Å². The number of hydrogen-bond donors (Lipinski definition) is 2. The average Bonchev–Trinajstić information content (AvgIpc) is 3.03. The molecule has 0 aromatic rings. The van der Waals surface area contributed by atoms with Crippen molar-refractivity contribution in [1.29, 1.82) is 0 Å². The number of aliphatic hydroxyl groups is 2. The predicted octanol–water partition coefficient (Wildman–Crippen LogP) is 1.95. The molecule has 22 heavy (non-hydrogen) atoms. The van der Waals surface area contributed by atoms with Crippen LogP contribution in [-0.4, -0.2) is 70.0 Å². The quantitative estimate of drug-likeness (QED) is 0.814. The van der Waals surface area contributed by atoms with E-state index in [4.69, 9.17) is 0 Å². The Labute approximate surface area is 136 Å². The van der Waals surface area contributed by atoms with Crippen LogP contribution in [0.4, 0.5) is 0 Å². The van der Waals surface area contributed by atoms with Crippen molar-refractivity contribution in [3.63, 3.8) is 0 Å². The minimum Gasteiger partial charge on any atom is -0.396 e. The van der Waals surface area contributed by atoms with E-state index in [1.807, 2.05) is 0 Å². The first-order chi connectivity index (χ1) is 10.2. The summed E-state index contributed by atoms with van der Waals surface area (Å²) < 4.78 is 0. The molecule has 4 nitrogen and oxygen atoms in total. The predicted molar refractivity (Wildman–Crippen MR) is 90.9 cm³/mol. The van der Waals surface area contributed by atoms with Gasteiger partial charge in [0.2, 0.25) is 0 Å². The zero-order valence-electron chi connectivity index (χ0n) is 15.2. The van der Waals surface area contributed by atoms with Gasteiger partial charge in [0.05, 0.1) is 6.61 Å². The summed E-state index contributed by atoms with van der Waals surface area (Å²) >= 11 is 0. The molecule has 0 aliphatic carbocycles. The van der Waals surface area contributed by atoms with Gasteiger partial charge >= 0.3 is 0 Å². The second-order valence-corrected chi connectivity index (χ2v) is 9.06. The molecule has 2 unspecified atom stereocenters. The van der Waals surface area contributed by atoms with Gasteiger partial charge in [0.15, 0.2) is 0 Å². The summed E-state index contributed by atoms with van der Waals surface area (Å²) in [7, 11) is 0. The lowest BCUT2D eigenvalue weighted by Crippen LogP contribution is -2.46. The molecule has 3 atom stereocenters. The van der Waals surface area contributed by atoms with Crippen molar-refractivity contribution in [2.75, 3.05) is 32.8 Å². The second-order valence-electron chi connectivity index (χ2n) is 9.06. The molecule has 2 heterocycles. The maximum absolute atomic E-state index is 9.71. The van der Waals surface area contributed by atoms with Gasteiger partial charge in [0, 0.05) is 36.8 Å². The van der Waals surface area contributed by atoms with Crippen molar-refractivity contribution in [2.24, 2.45) is 11.8 Å². The molecule has 2 aliphatic heterocycles. The highest BCUT2D eigenvalue weighted by atomic mass is 16.3. The van der Waals surface area contributed by atoms with Crippen LogP contribution < -0.4 is 0 Å². The highest BCUT2D eigenvalue weighted by Gasteiger charge is 2.41. The number of rotatable bonds is 5. The molecule has 0 amide bonds. The molecule has 0 radical (unpaired) electrons. The van der Waals surface area contributed by atoms with E-state index in [9.17, 15) is 10.2 Å². The maximum Gasteiger partial charge on any atom is 0.0587 e. The van der Waals surface area contributed by atoms with Crippen molar-refractivity contribution >= 4 is 0 Å². The standard InChI is InChI=1S/C18H36N2O2/c1-17(2,3)20-11-15(8-16(20)13-22)9-18(4,5)19-7-6-14(10-19)12-21/h14-16,21-22H,6-13H2,1-5H3/t14-,15?,16?/m1/s1. The highest BCUT2D eigenvalue weighted by molar-refractivity contribution is 4.96. The van der Waals surface area contributed by atoms with E-state index in [2.05, 4.69) is 44.4 Å². The summed E-state index contributed by atoms with van der Waals surface area (Å²) in [4.78, 5) is 5.04. The van der Waals surface area contributed by atoms with Crippen molar-refractivity contribution < 1.29 is 10.2 Å². The van der Waals surface area contributed by atoms with Crippen LogP contribution in [0.25, 0.3) is 0 Å². The van der Waals surface area contributed by atoms with Gasteiger partial charge in [-0.1, -0.05) is 0 Å². The molecule has 0 bridgehead atoms. The number of nitrogens with zero attached hydrogens (tertiary/aromatic N) is 2. The Hall–Kier alpha value is -0.160. The maximum atomic E-state index is 9.71. The first-order valence-electron chi connectivity index (χ1n) is 8.91. The lowest BCUT2D eigenvalue weighted by Gasteiger charge is -2.38. The normalized spacial score (nSPS) is 32.0. The van der Waals surface area contributed by atoms with Crippen molar-refractivity contribution in [2.45, 2.75) is 71.0 Å². The van der Waals surface area contributed by atoms with Crippen molar-refractivity contribution in [3.05, 3.63) is 0 Å². The van der Waals surface area contributed by atoms with Gasteiger partial charge in [-0.05, 0) is 72.3 Å². The first-order valence-corrected chi connectivity index (χ1v) is 8.91. The van der Waals surface area contributed by atoms with E-state index in [1.165, 1.54) is 6.42 Å². The molecule has 2 rings (SSSR count). The van der Waals surface area contributed by atoms with Crippen LogP contribution in [0.3, 0.4) is 0 Å². The monoisotopic (exact) mass is 312 g/mol. The summed E-state index contributed by atoms with van der Waals surface area (Å²) in [6.45, 7) is 15.3. The Kier molecular flexibility index (Phi) is 5.59. The fourth-order valence-corrected chi connectivity index (χ4v) is 4.52. The number of aliphatic hydroxyl groups excluding tert-OH is 2. The SMILES string of the molecule is CC(C)(C)N1CC(CC(C)(C)N2CC[C@@H](CO)C2)CC1CO. The van der Waals surface area contributed by atoms with E-state index in [1.54, 1.807) is 0 Å². The summed E-state index contributed by atoms with van der Waals surface area (Å²) in [5, 5.41) is 19.1. The molecule has 0 spiro atoms. The van der Waals surface area contributed by atoms with Crippen LogP contribution in [-0.2, 0) is 0 Å². The van der Waals surface area contributed by atoms with Gasteiger partial charge in [0.1, 0.15) is 0 Å². The molecule has 2 saturated heterocycles. The van der Waals surface area contributed by atoms with Gasteiger partial charge < -0.3 is 10.2 Å². The molecular weight excluding hydrogens is 276 g/mol. The van der Waals surface area contributed by atoms with E-state index < -0.39 is 0 Å². The Morgan fingerprint density at radius 2 is 1.64 bits per heavy atom. The molecule has 2 fully saturated rings. The lowest BCUT2D eigenvalue weighted by atomic mass is 9.87. The van der Waals surface area contributed by atoms with E-state index in [0.717, 1.165) is 32.5 Å². The van der Waals surface area contributed by atoms with Gasteiger partial charge in [-0.15, -0.1) is 0 Å². The summed E-state index contributed by atoms with van der Waals surface area (Å²) in [6.07, 6.45) is 3.40. The molecule has 2 N–H and O–H groups in total. The summed E-state index contributed by atoms with van der Waals surface area (Å²) in [6, 6.07) is 0.310. The van der Waals surface area contributed by atoms with Crippen LogP contribution in [0.2, 0.25) is 0 Å². The smallest absolute Gasteiger partial charge is 0.0587 e. The fraction of sp³-hybridized carbons (Fsp3) is 1.00. The fourth-order valence-electron chi connectivity index (χ4n) is 4.52. The van der Waals surface area contributed by atoms with Crippen LogP contribution in [0.1, 0.15) is 53.9 Å². The minimum atomic E-state index is 0.127. The highest BCUT2D eigenvalue weighted by Crippen LogP contribution is 2.37.